The number of hydrogen-bond acceptors (Lipinski definition) is 3. The van der Waals surface area contributed by atoms with Crippen LogP contribution in [0.4, 0.5) is 11.4 Å². The Labute approximate surface area is 120 Å². The highest BCUT2D eigenvalue weighted by atomic mass is 32.2. The monoisotopic (exact) mass is 296 g/mol. The van der Waals surface area contributed by atoms with Crippen LogP contribution in [-0.2, 0) is 21.2 Å². The molecule has 1 aromatic carbocycles. The summed E-state index contributed by atoms with van der Waals surface area (Å²) in [6.07, 6.45) is 2.35. The molecule has 20 heavy (non-hydrogen) atoms. The average molecular weight is 296 g/mol. The topological polar surface area (TPSA) is 66.5 Å². The molecular weight excluding hydrogens is 276 g/mol. The van der Waals surface area contributed by atoms with Crippen molar-refractivity contribution in [2.24, 2.45) is 0 Å². The number of sulfonamides is 1. The molecular formula is C14H20N2O3S. The van der Waals surface area contributed by atoms with Crippen LogP contribution in [0.15, 0.2) is 18.2 Å². The Morgan fingerprint density at radius 1 is 1.30 bits per heavy atom. The third-order valence-corrected chi connectivity index (χ3v) is 4.71. The number of nitrogens with one attached hydrogen (secondary N) is 1. The summed E-state index contributed by atoms with van der Waals surface area (Å²) in [7, 11) is -3.28. The standard InChI is InChI=1S/C14H20N2O3S/c1-3-5-8-16-13-7-6-12(15-20(18,19)4-2)9-11(13)10-14(16)17/h6-7,9,15H,3-5,8,10H2,1-2H3. The van der Waals surface area contributed by atoms with Crippen LogP contribution in [0.2, 0.25) is 0 Å². The van der Waals surface area contributed by atoms with Crippen molar-refractivity contribution in [3.63, 3.8) is 0 Å². The van der Waals surface area contributed by atoms with Crippen LogP contribution in [0.5, 0.6) is 0 Å². The van der Waals surface area contributed by atoms with Gasteiger partial charge in [-0.1, -0.05) is 13.3 Å². The quantitative estimate of drug-likeness (QED) is 0.874. The number of carbonyl (C=O) groups is 1. The van der Waals surface area contributed by atoms with Crippen LogP contribution in [0, 0.1) is 0 Å². The average Bonchev–Trinajstić information content (AvgIpc) is 2.71. The van der Waals surface area contributed by atoms with Gasteiger partial charge in [-0.2, -0.15) is 0 Å². The summed E-state index contributed by atoms with van der Waals surface area (Å²) in [6.45, 7) is 4.40. The largest absolute Gasteiger partial charge is 0.312 e. The number of rotatable bonds is 6. The molecule has 1 aromatic rings. The predicted molar refractivity (Wildman–Crippen MR) is 80.5 cm³/mol. The molecule has 110 valence electrons. The summed E-state index contributed by atoms with van der Waals surface area (Å²) in [5, 5.41) is 0. The van der Waals surface area contributed by atoms with E-state index in [-0.39, 0.29) is 11.7 Å². The van der Waals surface area contributed by atoms with Crippen molar-refractivity contribution >= 4 is 27.3 Å². The molecule has 1 amide bonds. The molecule has 1 N–H and O–H groups in total. The molecule has 0 radical (unpaired) electrons. The van der Waals surface area contributed by atoms with E-state index in [1.807, 2.05) is 6.07 Å². The van der Waals surface area contributed by atoms with Crippen LogP contribution >= 0.6 is 0 Å². The molecule has 0 unspecified atom stereocenters. The van der Waals surface area contributed by atoms with Crippen LogP contribution in [-0.4, -0.2) is 26.6 Å². The van der Waals surface area contributed by atoms with Crippen molar-refractivity contribution in [3.05, 3.63) is 23.8 Å². The first kappa shape index (κ1) is 14.8. The number of fused-ring (bicyclic) bond motifs is 1. The van der Waals surface area contributed by atoms with Gasteiger partial charge in [0.15, 0.2) is 0 Å². The third-order valence-electron chi connectivity index (χ3n) is 3.40. The Kier molecular flexibility index (Phi) is 4.32. The first-order chi connectivity index (χ1) is 9.46. The molecule has 6 heteroatoms. The number of amides is 1. The maximum Gasteiger partial charge on any atom is 0.232 e. The molecule has 1 aliphatic heterocycles. The molecule has 0 saturated carbocycles. The fraction of sp³-hybridized carbons (Fsp3) is 0.500. The summed E-state index contributed by atoms with van der Waals surface area (Å²) >= 11 is 0. The van der Waals surface area contributed by atoms with E-state index in [1.54, 1.807) is 24.0 Å². The van der Waals surface area contributed by atoms with Gasteiger partial charge < -0.3 is 4.90 Å². The zero-order valence-corrected chi connectivity index (χ0v) is 12.7. The third kappa shape index (κ3) is 3.12. The minimum absolute atomic E-state index is 0.0334. The number of nitrogens with zero attached hydrogens (tertiary/aromatic N) is 1. The Balaban J connectivity index is 2.22. The lowest BCUT2D eigenvalue weighted by Crippen LogP contribution is -2.27. The normalized spacial score (nSPS) is 14.5. The van der Waals surface area contributed by atoms with Gasteiger partial charge in [-0.15, -0.1) is 0 Å². The molecule has 1 heterocycles. The van der Waals surface area contributed by atoms with Crippen molar-refractivity contribution < 1.29 is 13.2 Å². The molecule has 0 atom stereocenters. The number of unbranched alkanes of at least 4 members (excludes halogenated alkanes) is 1. The van der Waals surface area contributed by atoms with E-state index >= 15 is 0 Å². The second kappa shape index (κ2) is 5.83. The van der Waals surface area contributed by atoms with Crippen LogP contribution in [0.1, 0.15) is 32.3 Å². The van der Waals surface area contributed by atoms with Gasteiger partial charge in [0.1, 0.15) is 0 Å². The van der Waals surface area contributed by atoms with E-state index in [9.17, 15) is 13.2 Å². The van der Waals surface area contributed by atoms with E-state index in [0.717, 1.165) is 30.6 Å². The lowest BCUT2D eigenvalue weighted by atomic mass is 10.1. The van der Waals surface area contributed by atoms with Crippen molar-refractivity contribution in [3.8, 4) is 0 Å². The van der Waals surface area contributed by atoms with Crippen molar-refractivity contribution in [1.82, 2.24) is 0 Å². The van der Waals surface area contributed by atoms with Crippen LogP contribution in [0.25, 0.3) is 0 Å². The zero-order valence-electron chi connectivity index (χ0n) is 11.8. The summed E-state index contributed by atoms with van der Waals surface area (Å²) in [6, 6.07) is 5.29. The highest BCUT2D eigenvalue weighted by Gasteiger charge is 2.26. The molecule has 0 bridgehead atoms. The molecule has 0 aliphatic carbocycles. The number of benzene rings is 1. The van der Waals surface area contributed by atoms with Crippen LogP contribution < -0.4 is 9.62 Å². The van der Waals surface area contributed by atoms with E-state index in [1.165, 1.54) is 0 Å². The second-order valence-electron chi connectivity index (χ2n) is 4.92. The van der Waals surface area contributed by atoms with Crippen molar-refractivity contribution in [2.45, 2.75) is 33.1 Å². The fourth-order valence-corrected chi connectivity index (χ4v) is 2.89. The van der Waals surface area contributed by atoms with Gasteiger partial charge in [0.05, 0.1) is 12.2 Å². The van der Waals surface area contributed by atoms with Gasteiger partial charge in [-0.25, -0.2) is 8.42 Å². The van der Waals surface area contributed by atoms with Gasteiger partial charge in [0.2, 0.25) is 15.9 Å². The first-order valence-corrected chi connectivity index (χ1v) is 8.56. The molecule has 0 fully saturated rings. The summed E-state index contributed by atoms with van der Waals surface area (Å²) < 4.78 is 25.6. The minimum Gasteiger partial charge on any atom is -0.312 e. The fourth-order valence-electron chi connectivity index (χ4n) is 2.26. The van der Waals surface area contributed by atoms with Crippen LogP contribution in [0.3, 0.4) is 0 Å². The molecule has 1 aliphatic rings. The summed E-state index contributed by atoms with van der Waals surface area (Å²) in [5.74, 6) is 0.120. The Morgan fingerprint density at radius 2 is 2.05 bits per heavy atom. The van der Waals surface area contributed by atoms with E-state index < -0.39 is 10.0 Å². The molecule has 2 rings (SSSR count). The smallest absolute Gasteiger partial charge is 0.232 e. The van der Waals surface area contributed by atoms with Crippen molar-refractivity contribution in [2.75, 3.05) is 21.9 Å². The number of hydrogen-bond donors (Lipinski definition) is 1. The maximum absolute atomic E-state index is 12.0. The molecule has 5 nitrogen and oxygen atoms in total. The second-order valence-corrected chi connectivity index (χ2v) is 6.94. The molecule has 0 spiro atoms. The number of anilines is 2. The highest BCUT2D eigenvalue weighted by molar-refractivity contribution is 7.92. The van der Waals surface area contributed by atoms with Gasteiger partial charge >= 0.3 is 0 Å². The van der Waals surface area contributed by atoms with E-state index in [4.69, 9.17) is 0 Å². The first-order valence-electron chi connectivity index (χ1n) is 6.90. The van der Waals surface area contributed by atoms with Gasteiger partial charge in [0, 0.05) is 17.9 Å². The Bertz CT molecular complexity index is 611. The lowest BCUT2D eigenvalue weighted by molar-refractivity contribution is -0.117. The Morgan fingerprint density at radius 3 is 2.70 bits per heavy atom. The Hall–Kier alpha value is -1.56. The highest BCUT2D eigenvalue weighted by Crippen LogP contribution is 2.31. The molecule has 0 saturated heterocycles. The maximum atomic E-state index is 12.0. The minimum atomic E-state index is -3.28. The van der Waals surface area contributed by atoms with Gasteiger partial charge in [0.25, 0.3) is 0 Å². The summed E-state index contributed by atoms with van der Waals surface area (Å²) in [4.78, 5) is 13.8. The summed E-state index contributed by atoms with van der Waals surface area (Å²) in [5.41, 5.74) is 2.32. The van der Waals surface area contributed by atoms with E-state index in [0.29, 0.717) is 12.1 Å². The van der Waals surface area contributed by atoms with Crippen molar-refractivity contribution in [1.29, 1.82) is 0 Å². The predicted octanol–water partition coefficient (Wildman–Crippen LogP) is 2.14. The number of carbonyl (C=O) groups excluding carboxylic acids is 1. The zero-order chi connectivity index (χ0) is 14.8. The SMILES string of the molecule is CCCCN1C(=O)Cc2cc(NS(=O)(=O)CC)ccc21. The van der Waals surface area contributed by atoms with Gasteiger partial charge in [-0.3, -0.25) is 9.52 Å². The molecule has 0 aromatic heterocycles. The van der Waals surface area contributed by atoms with E-state index in [2.05, 4.69) is 11.6 Å². The lowest BCUT2D eigenvalue weighted by Gasteiger charge is -2.17. The van der Waals surface area contributed by atoms with Gasteiger partial charge in [-0.05, 0) is 37.1 Å².